The van der Waals surface area contributed by atoms with Crippen LogP contribution in [0.1, 0.15) is 72.1 Å². The van der Waals surface area contributed by atoms with Crippen molar-refractivity contribution in [3.63, 3.8) is 0 Å². The molecule has 0 bridgehead atoms. The molecule has 0 spiro atoms. The van der Waals surface area contributed by atoms with Crippen molar-refractivity contribution in [2.75, 3.05) is 12.4 Å². The second-order valence-electron chi connectivity index (χ2n) is 11.5. The molecule has 6 heteroatoms. The fourth-order valence-electron chi connectivity index (χ4n) is 8.42. The summed E-state index contributed by atoms with van der Waals surface area (Å²) in [5, 5.41) is 2.86. The largest absolute Gasteiger partial charge is 0.319 e. The Balaban J connectivity index is 1.34. The molecule has 4 aliphatic rings. The lowest BCUT2D eigenvalue weighted by Crippen LogP contribution is -2.54. The van der Waals surface area contributed by atoms with E-state index >= 15 is 0 Å². The zero-order chi connectivity index (χ0) is 23.5. The molecule has 0 aromatic carbocycles. The second kappa shape index (κ2) is 7.92. The van der Waals surface area contributed by atoms with E-state index in [1.807, 2.05) is 11.9 Å². The average molecular weight is 454 g/mol. The number of amides is 2. The molecule has 1 aromatic rings. The van der Waals surface area contributed by atoms with Crippen LogP contribution in [0.15, 0.2) is 29.6 Å². The van der Waals surface area contributed by atoms with Gasteiger partial charge in [-0.05, 0) is 86.7 Å². The van der Waals surface area contributed by atoms with Crippen molar-refractivity contribution >= 4 is 17.6 Å². The lowest BCUT2D eigenvalue weighted by molar-refractivity contribution is -0.136. The maximum atomic E-state index is 13.1. The summed E-state index contributed by atoms with van der Waals surface area (Å²) in [6, 6.07) is 2.83. The molecular formula is C27H36FN3O2. The van der Waals surface area contributed by atoms with Gasteiger partial charge >= 0.3 is 0 Å². The first-order valence-corrected chi connectivity index (χ1v) is 12.5. The van der Waals surface area contributed by atoms with Crippen LogP contribution in [0, 0.1) is 40.3 Å². The van der Waals surface area contributed by atoms with Crippen molar-refractivity contribution in [3.05, 3.63) is 35.4 Å². The molecule has 3 aliphatic carbocycles. The van der Waals surface area contributed by atoms with Gasteiger partial charge in [0.05, 0.1) is 6.20 Å². The van der Waals surface area contributed by atoms with Gasteiger partial charge in [0.2, 0.25) is 11.8 Å². The minimum Gasteiger partial charge on any atom is -0.319 e. The fourth-order valence-corrected chi connectivity index (χ4v) is 8.42. The van der Waals surface area contributed by atoms with Gasteiger partial charge < -0.3 is 10.2 Å². The monoisotopic (exact) mass is 453 g/mol. The van der Waals surface area contributed by atoms with Crippen LogP contribution in [-0.2, 0) is 9.59 Å². The molecule has 6 atom stereocenters. The van der Waals surface area contributed by atoms with Crippen molar-refractivity contribution in [2.24, 2.45) is 34.5 Å². The summed E-state index contributed by atoms with van der Waals surface area (Å²) in [6.45, 7) is 7.06. The van der Waals surface area contributed by atoms with Crippen LogP contribution in [0.25, 0.3) is 0 Å². The number of pyridine rings is 1. The van der Waals surface area contributed by atoms with Crippen LogP contribution in [0.4, 0.5) is 10.2 Å². The predicted molar refractivity (Wildman–Crippen MR) is 125 cm³/mol. The molecule has 33 heavy (non-hydrogen) atoms. The number of rotatable bonds is 3. The average Bonchev–Trinajstić information content (AvgIpc) is 3.09. The van der Waals surface area contributed by atoms with Crippen molar-refractivity contribution in [1.82, 2.24) is 9.88 Å². The lowest BCUT2D eigenvalue weighted by Gasteiger charge is -2.59. The summed E-state index contributed by atoms with van der Waals surface area (Å²) in [5.41, 5.74) is 2.94. The summed E-state index contributed by atoms with van der Waals surface area (Å²) < 4.78 is 13.1. The standard InChI is InChI=1S/C27H36FN3O2/c1-16-13-19-20-7-5-17(14-23(32)30-22-8-6-18(28)15-29-22)26(20,2)11-9-21(19)27(3)12-10-24(33)31(4)25(16)27/h6,8,15,17,19-21H,5,7,9-14H2,1-4H3,(H,29,30,32). The van der Waals surface area contributed by atoms with Crippen LogP contribution in [-0.4, -0.2) is 28.7 Å². The van der Waals surface area contributed by atoms with Crippen molar-refractivity contribution in [1.29, 1.82) is 0 Å². The van der Waals surface area contributed by atoms with Gasteiger partial charge in [-0.15, -0.1) is 0 Å². The van der Waals surface area contributed by atoms with Gasteiger partial charge in [-0.1, -0.05) is 19.4 Å². The number of carbonyl (C=O) groups is 2. The van der Waals surface area contributed by atoms with E-state index in [0.717, 1.165) is 31.9 Å². The molecule has 5 nitrogen and oxygen atoms in total. The smallest absolute Gasteiger partial charge is 0.226 e. The minimum absolute atomic E-state index is 0.0236. The molecule has 1 aliphatic heterocycles. The molecule has 5 rings (SSSR count). The highest BCUT2D eigenvalue weighted by Crippen LogP contribution is 2.67. The Morgan fingerprint density at radius 3 is 2.73 bits per heavy atom. The Morgan fingerprint density at radius 1 is 1.21 bits per heavy atom. The number of piperidine rings is 1. The van der Waals surface area contributed by atoms with E-state index in [4.69, 9.17) is 0 Å². The molecule has 0 radical (unpaired) electrons. The van der Waals surface area contributed by atoms with Crippen LogP contribution in [0.3, 0.4) is 0 Å². The maximum Gasteiger partial charge on any atom is 0.226 e. The number of allylic oxidation sites excluding steroid dienone is 2. The fraction of sp³-hybridized carbons (Fsp3) is 0.667. The first kappa shape index (κ1) is 22.5. The number of hydrogen-bond acceptors (Lipinski definition) is 3. The molecule has 3 fully saturated rings. The molecule has 2 saturated carbocycles. The van der Waals surface area contributed by atoms with Gasteiger partial charge in [-0.3, -0.25) is 9.59 Å². The Labute approximate surface area is 196 Å². The van der Waals surface area contributed by atoms with Crippen LogP contribution >= 0.6 is 0 Å². The second-order valence-corrected chi connectivity index (χ2v) is 11.5. The zero-order valence-electron chi connectivity index (χ0n) is 20.3. The number of fused-ring (bicyclic) bond motifs is 5. The Bertz CT molecular complexity index is 1010. The highest BCUT2D eigenvalue weighted by molar-refractivity contribution is 5.89. The van der Waals surface area contributed by atoms with Gasteiger partial charge in [0.15, 0.2) is 0 Å². The molecule has 2 heterocycles. The number of hydrogen-bond donors (Lipinski definition) is 1. The molecule has 1 N–H and O–H groups in total. The van der Waals surface area contributed by atoms with Crippen LogP contribution in [0.2, 0.25) is 0 Å². The first-order chi connectivity index (χ1) is 15.6. The molecule has 178 valence electrons. The number of anilines is 1. The Morgan fingerprint density at radius 2 is 2.00 bits per heavy atom. The van der Waals surface area contributed by atoms with Crippen LogP contribution < -0.4 is 5.32 Å². The maximum absolute atomic E-state index is 13.1. The van der Waals surface area contributed by atoms with E-state index in [2.05, 4.69) is 31.1 Å². The molecule has 1 aromatic heterocycles. The molecule has 2 amide bonds. The van der Waals surface area contributed by atoms with E-state index in [0.29, 0.717) is 42.3 Å². The number of halogens is 1. The van der Waals surface area contributed by atoms with Gasteiger partial charge in [-0.25, -0.2) is 9.37 Å². The summed E-state index contributed by atoms with van der Waals surface area (Å²) in [4.78, 5) is 31.2. The topological polar surface area (TPSA) is 62.3 Å². The van der Waals surface area contributed by atoms with Crippen molar-refractivity contribution in [3.8, 4) is 0 Å². The summed E-state index contributed by atoms with van der Waals surface area (Å²) in [7, 11) is 1.96. The predicted octanol–water partition coefficient (Wildman–Crippen LogP) is 5.54. The highest BCUT2D eigenvalue weighted by atomic mass is 19.1. The molecule has 1 saturated heterocycles. The van der Waals surface area contributed by atoms with Crippen molar-refractivity contribution < 1.29 is 14.0 Å². The minimum atomic E-state index is -0.405. The van der Waals surface area contributed by atoms with Gasteiger partial charge in [0.1, 0.15) is 11.6 Å². The van der Waals surface area contributed by atoms with E-state index in [1.165, 1.54) is 36.2 Å². The molecule has 6 unspecified atom stereocenters. The number of nitrogens with zero attached hydrogens (tertiary/aromatic N) is 2. The normalized spacial score (nSPS) is 38.0. The van der Waals surface area contributed by atoms with E-state index in [1.54, 1.807) is 0 Å². The van der Waals surface area contributed by atoms with Gasteiger partial charge in [-0.2, -0.15) is 0 Å². The number of nitrogens with one attached hydrogen (secondary N) is 1. The first-order valence-electron chi connectivity index (χ1n) is 12.5. The SMILES string of the molecule is CC1=C2N(C)C(=O)CCC2(C)C2CCC3(C)C(CC(=O)Nc4ccc(F)cn4)CCC3C2C1. The summed E-state index contributed by atoms with van der Waals surface area (Å²) in [5.74, 6) is 2.46. The van der Waals surface area contributed by atoms with Crippen LogP contribution in [0.5, 0.6) is 0 Å². The van der Waals surface area contributed by atoms with E-state index in [-0.39, 0.29) is 22.6 Å². The van der Waals surface area contributed by atoms with Crippen molar-refractivity contribution in [2.45, 2.75) is 72.1 Å². The quantitative estimate of drug-likeness (QED) is 0.653. The third-order valence-corrected chi connectivity index (χ3v) is 9.93. The van der Waals surface area contributed by atoms with Gasteiger partial charge in [0, 0.05) is 31.0 Å². The third-order valence-electron chi connectivity index (χ3n) is 9.93. The van der Waals surface area contributed by atoms with E-state index in [9.17, 15) is 14.0 Å². The number of likely N-dealkylation sites (tertiary alicyclic amines) is 1. The molecular weight excluding hydrogens is 417 g/mol. The Hall–Kier alpha value is -2.24. The zero-order valence-corrected chi connectivity index (χ0v) is 20.3. The summed E-state index contributed by atoms with van der Waals surface area (Å²) in [6.07, 6.45) is 8.89. The number of carbonyl (C=O) groups excluding carboxylic acids is 2. The summed E-state index contributed by atoms with van der Waals surface area (Å²) >= 11 is 0. The highest BCUT2D eigenvalue weighted by Gasteiger charge is 2.60. The lowest BCUT2D eigenvalue weighted by atomic mass is 9.48. The third kappa shape index (κ3) is 3.52. The number of aromatic nitrogens is 1. The Kier molecular flexibility index (Phi) is 5.41. The van der Waals surface area contributed by atoms with E-state index < -0.39 is 5.82 Å². The van der Waals surface area contributed by atoms with Gasteiger partial charge in [0.25, 0.3) is 0 Å².